The van der Waals surface area contributed by atoms with E-state index in [1.807, 2.05) is 18.2 Å². The molecule has 1 aromatic rings. The molecule has 0 saturated carbocycles. The van der Waals surface area contributed by atoms with E-state index in [1.165, 1.54) is 0 Å². The van der Waals surface area contributed by atoms with Gasteiger partial charge in [-0.1, -0.05) is 6.92 Å². The molecule has 1 aliphatic rings. The zero-order chi connectivity index (χ0) is 12.8. The van der Waals surface area contributed by atoms with Gasteiger partial charge in [0.1, 0.15) is 5.75 Å². The molecule has 1 heterocycles. The number of ether oxygens (including phenoxy) is 3. The molecule has 1 aromatic carbocycles. The summed E-state index contributed by atoms with van der Waals surface area (Å²) in [6.07, 6.45) is 2.17. The second-order valence-corrected chi connectivity index (χ2v) is 4.46. The topological polar surface area (TPSA) is 39.7 Å². The number of fused-ring (bicyclic) bond motifs is 1. The minimum absolute atomic E-state index is 0.305. The van der Waals surface area contributed by atoms with E-state index < -0.39 is 0 Å². The van der Waals surface area contributed by atoms with Crippen LogP contribution >= 0.6 is 0 Å². The smallest absolute Gasteiger partial charge is 0.231 e. The Morgan fingerprint density at radius 1 is 1.33 bits per heavy atom. The fraction of sp³-hybridized carbons (Fsp3) is 0.571. The molecule has 1 aliphatic heterocycles. The maximum atomic E-state index is 5.70. The monoisotopic (exact) mass is 251 g/mol. The standard InChI is InChI=1S/C14H21NO3/c1-3-15-11(2)5-4-8-16-12-6-7-13-14(9-12)18-10-17-13/h6-7,9,11,15H,3-5,8,10H2,1-2H3. The Kier molecular flexibility index (Phi) is 4.70. The third-order valence-corrected chi connectivity index (χ3v) is 2.95. The van der Waals surface area contributed by atoms with Crippen molar-refractivity contribution in [2.45, 2.75) is 32.7 Å². The molecule has 0 fully saturated rings. The van der Waals surface area contributed by atoms with Crippen molar-refractivity contribution in [3.05, 3.63) is 18.2 Å². The number of benzene rings is 1. The van der Waals surface area contributed by atoms with Crippen LogP contribution in [0.2, 0.25) is 0 Å². The molecular formula is C14H21NO3. The summed E-state index contributed by atoms with van der Waals surface area (Å²) in [4.78, 5) is 0. The van der Waals surface area contributed by atoms with Gasteiger partial charge in [0.25, 0.3) is 0 Å². The molecule has 4 nitrogen and oxygen atoms in total. The van der Waals surface area contributed by atoms with Crippen molar-refractivity contribution in [1.29, 1.82) is 0 Å². The van der Waals surface area contributed by atoms with E-state index in [-0.39, 0.29) is 0 Å². The van der Waals surface area contributed by atoms with Crippen LogP contribution in [-0.4, -0.2) is 26.0 Å². The fourth-order valence-corrected chi connectivity index (χ4v) is 2.00. The van der Waals surface area contributed by atoms with Gasteiger partial charge in [-0.2, -0.15) is 0 Å². The summed E-state index contributed by atoms with van der Waals surface area (Å²) in [6.45, 7) is 6.38. The molecule has 0 bridgehead atoms. The molecule has 18 heavy (non-hydrogen) atoms. The van der Waals surface area contributed by atoms with E-state index in [9.17, 15) is 0 Å². The lowest BCUT2D eigenvalue weighted by Crippen LogP contribution is -2.25. The molecule has 0 spiro atoms. The van der Waals surface area contributed by atoms with Crippen LogP contribution in [0.5, 0.6) is 17.2 Å². The van der Waals surface area contributed by atoms with Crippen molar-refractivity contribution in [1.82, 2.24) is 5.32 Å². The molecule has 0 radical (unpaired) electrons. The maximum absolute atomic E-state index is 5.70. The summed E-state index contributed by atoms with van der Waals surface area (Å²) in [5.74, 6) is 2.41. The number of rotatable bonds is 7. The average molecular weight is 251 g/mol. The van der Waals surface area contributed by atoms with Crippen molar-refractivity contribution in [3.8, 4) is 17.2 Å². The zero-order valence-corrected chi connectivity index (χ0v) is 11.1. The molecule has 1 unspecified atom stereocenters. The van der Waals surface area contributed by atoms with Crippen molar-refractivity contribution in [2.75, 3.05) is 19.9 Å². The third-order valence-electron chi connectivity index (χ3n) is 2.95. The van der Waals surface area contributed by atoms with Crippen molar-refractivity contribution >= 4 is 0 Å². The van der Waals surface area contributed by atoms with Gasteiger partial charge in [-0.25, -0.2) is 0 Å². The highest BCUT2D eigenvalue weighted by molar-refractivity contribution is 5.46. The molecule has 1 atom stereocenters. The van der Waals surface area contributed by atoms with Gasteiger partial charge in [-0.15, -0.1) is 0 Å². The van der Waals surface area contributed by atoms with Crippen molar-refractivity contribution in [3.63, 3.8) is 0 Å². The summed E-state index contributed by atoms with van der Waals surface area (Å²) in [6, 6.07) is 6.24. The Hall–Kier alpha value is -1.42. The van der Waals surface area contributed by atoms with Crippen LogP contribution in [0.1, 0.15) is 26.7 Å². The molecule has 0 saturated heterocycles. The van der Waals surface area contributed by atoms with Crippen molar-refractivity contribution < 1.29 is 14.2 Å². The van der Waals surface area contributed by atoms with Gasteiger partial charge in [0.05, 0.1) is 6.61 Å². The van der Waals surface area contributed by atoms with Gasteiger partial charge >= 0.3 is 0 Å². The van der Waals surface area contributed by atoms with Gasteiger partial charge in [0.15, 0.2) is 11.5 Å². The first kappa shape index (κ1) is 13.0. The molecule has 4 heteroatoms. The van der Waals surface area contributed by atoms with E-state index in [0.717, 1.165) is 43.2 Å². The second-order valence-electron chi connectivity index (χ2n) is 4.46. The van der Waals surface area contributed by atoms with Gasteiger partial charge < -0.3 is 19.5 Å². The molecule has 1 N–H and O–H groups in total. The summed E-state index contributed by atoms with van der Waals surface area (Å²) in [7, 11) is 0. The highest BCUT2D eigenvalue weighted by Crippen LogP contribution is 2.35. The van der Waals surface area contributed by atoms with Crippen LogP contribution in [0.25, 0.3) is 0 Å². The highest BCUT2D eigenvalue weighted by atomic mass is 16.7. The minimum atomic E-state index is 0.305. The molecular weight excluding hydrogens is 230 g/mol. The predicted molar refractivity (Wildman–Crippen MR) is 70.4 cm³/mol. The van der Waals surface area contributed by atoms with Crippen LogP contribution in [0.15, 0.2) is 18.2 Å². The summed E-state index contributed by atoms with van der Waals surface area (Å²) in [5, 5.41) is 3.39. The molecule has 0 amide bonds. The van der Waals surface area contributed by atoms with Gasteiger partial charge in [-0.3, -0.25) is 0 Å². The summed E-state index contributed by atoms with van der Waals surface area (Å²) >= 11 is 0. The van der Waals surface area contributed by atoms with E-state index in [4.69, 9.17) is 14.2 Å². The van der Waals surface area contributed by atoms with Gasteiger partial charge in [0, 0.05) is 12.1 Å². The normalized spacial score (nSPS) is 14.6. The molecule has 0 aliphatic carbocycles. The first-order valence-electron chi connectivity index (χ1n) is 6.55. The number of hydrogen-bond donors (Lipinski definition) is 1. The Labute approximate surface area is 108 Å². The first-order valence-corrected chi connectivity index (χ1v) is 6.55. The molecule has 2 rings (SSSR count). The van der Waals surface area contributed by atoms with E-state index in [0.29, 0.717) is 12.8 Å². The number of hydrogen-bond acceptors (Lipinski definition) is 4. The summed E-state index contributed by atoms with van der Waals surface area (Å²) in [5.41, 5.74) is 0. The van der Waals surface area contributed by atoms with Crippen LogP contribution in [0.4, 0.5) is 0 Å². The summed E-state index contributed by atoms with van der Waals surface area (Å²) < 4.78 is 16.3. The Morgan fingerprint density at radius 3 is 3.00 bits per heavy atom. The van der Waals surface area contributed by atoms with Crippen LogP contribution in [-0.2, 0) is 0 Å². The Balaban J connectivity index is 1.70. The van der Waals surface area contributed by atoms with Gasteiger partial charge in [-0.05, 0) is 38.4 Å². The zero-order valence-electron chi connectivity index (χ0n) is 11.1. The van der Waals surface area contributed by atoms with Crippen LogP contribution in [0.3, 0.4) is 0 Å². The lowest BCUT2D eigenvalue weighted by Gasteiger charge is -2.12. The van der Waals surface area contributed by atoms with E-state index >= 15 is 0 Å². The molecule has 0 aromatic heterocycles. The largest absolute Gasteiger partial charge is 0.493 e. The molecule has 100 valence electrons. The maximum Gasteiger partial charge on any atom is 0.231 e. The van der Waals surface area contributed by atoms with Crippen LogP contribution in [0, 0.1) is 0 Å². The lowest BCUT2D eigenvalue weighted by molar-refractivity contribution is 0.173. The van der Waals surface area contributed by atoms with E-state index in [1.54, 1.807) is 0 Å². The third kappa shape index (κ3) is 3.53. The average Bonchev–Trinajstić information content (AvgIpc) is 2.82. The van der Waals surface area contributed by atoms with Crippen molar-refractivity contribution in [2.24, 2.45) is 0 Å². The Bertz CT molecular complexity index is 381. The van der Waals surface area contributed by atoms with E-state index in [2.05, 4.69) is 19.2 Å². The quantitative estimate of drug-likeness (QED) is 0.756. The Morgan fingerprint density at radius 2 is 2.17 bits per heavy atom. The second kappa shape index (κ2) is 6.50. The van der Waals surface area contributed by atoms with Crippen LogP contribution < -0.4 is 19.5 Å². The highest BCUT2D eigenvalue weighted by Gasteiger charge is 2.13. The van der Waals surface area contributed by atoms with Gasteiger partial charge in [0.2, 0.25) is 6.79 Å². The SMILES string of the molecule is CCNC(C)CCCOc1ccc2c(c1)OCO2. The first-order chi connectivity index (χ1) is 8.79. The fourth-order valence-electron chi connectivity index (χ4n) is 2.00. The number of nitrogens with one attached hydrogen (secondary N) is 1. The minimum Gasteiger partial charge on any atom is -0.493 e. The lowest BCUT2D eigenvalue weighted by atomic mass is 10.2. The predicted octanol–water partition coefficient (Wildman–Crippen LogP) is 2.57.